The molecular weight excluding hydrogens is 324 g/mol. The maximum atomic E-state index is 13.1. The van der Waals surface area contributed by atoms with E-state index >= 15 is 0 Å². The fraction of sp³-hybridized carbons (Fsp3) is 0.364. The summed E-state index contributed by atoms with van der Waals surface area (Å²) in [6, 6.07) is 15.0. The van der Waals surface area contributed by atoms with Gasteiger partial charge in [-0.15, -0.1) is 0 Å². The molecule has 0 saturated carbocycles. The van der Waals surface area contributed by atoms with Crippen LogP contribution in [-0.2, 0) is 17.8 Å². The average Bonchev–Trinajstić information content (AvgIpc) is 2.97. The predicted octanol–water partition coefficient (Wildman–Crippen LogP) is 4.26. The Morgan fingerprint density at radius 3 is 2.50 bits per heavy atom. The molecule has 2 aromatic carbocycles. The second kappa shape index (κ2) is 7.73. The highest BCUT2D eigenvalue weighted by Gasteiger charge is 2.36. The Hall–Kier alpha value is -2.62. The first-order chi connectivity index (χ1) is 12.5. The highest BCUT2D eigenvalue weighted by Crippen LogP contribution is 2.28. The lowest BCUT2D eigenvalue weighted by atomic mass is 10.0. The van der Waals surface area contributed by atoms with Gasteiger partial charge in [-0.2, -0.15) is 0 Å². The van der Waals surface area contributed by atoms with Gasteiger partial charge in [-0.05, 0) is 42.0 Å². The van der Waals surface area contributed by atoms with Gasteiger partial charge >= 0.3 is 0 Å². The standard InChI is InChI=1S/C22H26N2O2/c1-4-16-9-6-8-12-19(16)23-21(25)20(13-15(2)3)24-14-17-10-5-7-11-18(17)22(24)26/h5-12,15,20H,4,13-14H2,1-3H3,(H,23,25)/t20-/m1/s1. The molecule has 4 nitrogen and oxygen atoms in total. The molecule has 0 unspecified atom stereocenters. The zero-order chi connectivity index (χ0) is 18.7. The van der Waals surface area contributed by atoms with Crippen LogP contribution in [0.1, 0.15) is 48.7 Å². The first-order valence-corrected chi connectivity index (χ1v) is 9.29. The molecule has 1 N–H and O–H groups in total. The molecule has 0 radical (unpaired) electrons. The van der Waals surface area contributed by atoms with Crippen LogP contribution in [0.5, 0.6) is 0 Å². The molecule has 2 amide bonds. The van der Waals surface area contributed by atoms with Crippen LogP contribution in [0, 0.1) is 5.92 Å². The predicted molar refractivity (Wildman–Crippen MR) is 104 cm³/mol. The number of nitrogens with zero attached hydrogens (tertiary/aromatic N) is 1. The number of hydrogen-bond donors (Lipinski definition) is 1. The summed E-state index contributed by atoms with van der Waals surface area (Å²) in [6.45, 7) is 6.72. The summed E-state index contributed by atoms with van der Waals surface area (Å²) in [5.74, 6) is 0.148. The van der Waals surface area contributed by atoms with Crippen LogP contribution in [0.4, 0.5) is 5.69 Å². The van der Waals surface area contributed by atoms with Crippen molar-refractivity contribution in [3.05, 3.63) is 65.2 Å². The van der Waals surface area contributed by atoms with E-state index in [0.29, 0.717) is 24.4 Å². The lowest BCUT2D eigenvalue weighted by molar-refractivity contribution is -0.121. The maximum Gasteiger partial charge on any atom is 0.255 e. The fourth-order valence-corrected chi connectivity index (χ4v) is 3.52. The number of benzene rings is 2. The van der Waals surface area contributed by atoms with Crippen LogP contribution in [0.15, 0.2) is 48.5 Å². The summed E-state index contributed by atoms with van der Waals surface area (Å²) in [6.07, 6.45) is 1.49. The molecule has 3 rings (SSSR count). The van der Waals surface area contributed by atoms with Crippen molar-refractivity contribution in [2.45, 2.75) is 46.2 Å². The maximum absolute atomic E-state index is 13.1. The number of nitrogens with one attached hydrogen (secondary N) is 1. The zero-order valence-electron chi connectivity index (χ0n) is 15.7. The number of aryl methyl sites for hydroxylation is 1. The van der Waals surface area contributed by atoms with Crippen LogP contribution in [0.25, 0.3) is 0 Å². The van der Waals surface area contributed by atoms with Crippen molar-refractivity contribution in [3.63, 3.8) is 0 Å². The van der Waals surface area contributed by atoms with Crippen molar-refractivity contribution in [1.82, 2.24) is 4.90 Å². The molecule has 1 atom stereocenters. The molecule has 4 heteroatoms. The van der Waals surface area contributed by atoms with Crippen molar-refractivity contribution >= 4 is 17.5 Å². The molecule has 1 aliphatic rings. The summed E-state index contributed by atoms with van der Waals surface area (Å²) in [5.41, 5.74) is 3.63. The molecule has 0 aliphatic carbocycles. The van der Waals surface area contributed by atoms with Gasteiger partial charge in [-0.1, -0.05) is 57.2 Å². The van der Waals surface area contributed by atoms with Gasteiger partial charge in [0, 0.05) is 17.8 Å². The van der Waals surface area contributed by atoms with E-state index in [1.54, 1.807) is 4.90 Å². The minimum atomic E-state index is -0.472. The third-order valence-corrected chi connectivity index (χ3v) is 4.88. The Labute approximate surface area is 155 Å². The summed E-state index contributed by atoms with van der Waals surface area (Å²) in [7, 11) is 0. The Balaban J connectivity index is 1.85. The first kappa shape index (κ1) is 18.2. The SMILES string of the molecule is CCc1ccccc1NC(=O)[C@@H](CC(C)C)N1Cc2ccccc2C1=O. The number of fused-ring (bicyclic) bond motifs is 1. The van der Waals surface area contributed by atoms with Crippen molar-refractivity contribution < 1.29 is 9.59 Å². The molecule has 0 saturated heterocycles. The van der Waals surface area contributed by atoms with Crippen LogP contribution in [0.2, 0.25) is 0 Å². The van der Waals surface area contributed by atoms with E-state index in [9.17, 15) is 9.59 Å². The molecular formula is C22H26N2O2. The number of para-hydroxylation sites is 1. The van der Waals surface area contributed by atoms with Crippen molar-refractivity contribution in [2.24, 2.45) is 5.92 Å². The zero-order valence-corrected chi connectivity index (χ0v) is 15.7. The van der Waals surface area contributed by atoms with Crippen LogP contribution in [-0.4, -0.2) is 22.8 Å². The van der Waals surface area contributed by atoms with Crippen molar-refractivity contribution in [3.8, 4) is 0 Å². The Bertz CT molecular complexity index is 813. The summed E-state index contributed by atoms with van der Waals surface area (Å²) in [5, 5.41) is 3.06. The normalized spacial score (nSPS) is 14.5. The highest BCUT2D eigenvalue weighted by atomic mass is 16.2. The molecule has 0 aromatic heterocycles. The number of carbonyl (C=O) groups is 2. The minimum Gasteiger partial charge on any atom is -0.324 e. The van der Waals surface area contributed by atoms with E-state index in [4.69, 9.17) is 0 Å². The summed E-state index contributed by atoms with van der Waals surface area (Å²) >= 11 is 0. The molecule has 26 heavy (non-hydrogen) atoms. The third-order valence-electron chi connectivity index (χ3n) is 4.88. The number of carbonyl (C=O) groups excluding carboxylic acids is 2. The van der Waals surface area contributed by atoms with Crippen LogP contribution in [0.3, 0.4) is 0 Å². The number of amides is 2. The number of anilines is 1. The van der Waals surface area contributed by atoms with Gasteiger partial charge in [0.05, 0.1) is 0 Å². The first-order valence-electron chi connectivity index (χ1n) is 9.29. The van der Waals surface area contributed by atoms with E-state index in [-0.39, 0.29) is 11.8 Å². The van der Waals surface area contributed by atoms with Gasteiger partial charge in [-0.3, -0.25) is 9.59 Å². The van der Waals surface area contributed by atoms with Crippen molar-refractivity contribution in [1.29, 1.82) is 0 Å². The van der Waals surface area contributed by atoms with E-state index in [1.807, 2.05) is 48.5 Å². The molecule has 2 aromatic rings. The van der Waals surface area contributed by atoms with Gasteiger partial charge < -0.3 is 10.2 Å². The van der Waals surface area contributed by atoms with E-state index in [0.717, 1.165) is 23.2 Å². The Morgan fingerprint density at radius 1 is 1.12 bits per heavy atom. The second-order valence-corrected chi connectivity index (χ2v) is 7.24. The van der Waals surface area contributed by atoms with Gasteiger partial charge in [0.15, 0.2) is 0 Å². The highest BCUT2D eigenvalue weighted by molar-refractivity contribution is 6.03. The number of rotatable bonds is 6. The molecule has 0 spiro atoms. The smallest absolute Gasteiger partial charge is 0.255 e. The monoisotopic (exact) mass is 350 g/mol. The van der Waals surface area contributed by atoms with E-state index < -0.39 is 6.04 Å². The van der Waals surface area contributed by atoms with Gasteiger partial charge in [0.1, 0.15) is 6.04 Å². The second-order valence-electron chi connectivity index (χ2n) is 7.24. The largest absolute Gasteiger partial charge is 0.324 e. The fourth-order valence-electron chi connectivity index (χ4n) is 3.52. The van der Waals surface area contributed by atoms with Crippen LogP contribution < -0.4 is 5.32 Å². The molecule has 1 heterocycles. The van der Waals surface area contributed by atoms with Crippen molar-refractivity contribution in [2.75, 3.05) is 5.32 Å². The third kappa shape index (κ3) is 3.64. The molecule has 0 fully saturated rings. The lowest BCUT2D eigenvalue weighted by Crippen LogP contribution is -2.45. The Morgan fingerprint density at radius 2 is 1.81 bits per heavy atom. The molecule has 136 valence electrons. The van der Waals surface area contributed by atoms with Gasteiger partial charge in [0.2, 0.25) is 5.91 Å². The van der Waals surface area contributed by atoms with Gasteiger partial charge in [0.25, 0.3) is 5.91 Å². The topological polar surface area (TPSA) is 49.4 Å². The molecule has 1 aliphatic heterocycles. The number of hydrogen-bond acceptors (Lipinski definition) is 2. The summed E-state index contributed by atoms with van der Waals surface area (Å²) in [4.78, 5) is 27.7. The molecule has 0 bridgehead atoms. The summed E-state index contributed by atoms with van der Waals surface area (Å²) < 4.78 is 0. The minimum absolute atomic E-state index is 0.0508. The lowest BCUT2D eigenvalue weighted by Gasteiger charge is -2.28. The van der Waals surface area contributed by atoms with Gasteiger partial charge in [-0.25, -0.2) is 0 Å². The average molecular weight is 350 g/mol. The van der Waals surface area contributed by atoms with E-state index in [1.165, 1.54) is 0 Å². The quantitative estimate of drug-likeness (QED) is 0.846. The van der Waals surface area contributed by atoms with E-state index in [2.05, 4.69) is 26.1 Å². The van der Waals surface area contributed by atoms with Crippen LogP contribution >= 0.6 is 0 Å². The Kier molecular flexibility index (Phi) is 5.40.